The highest BCUT2D eigenvalue weighted by Crippen LogP contribution is 2.22. The molecule has 0 amide bonds. The van der Waals surface area contributed by atoms with Crippen molar-refractivity contribution >= 4 is 5.69 Å². The van der Waals surface area contributed by atoms with E-state index >= 15 is 0 Å². The molecule has 76 valence electrons. The molecule has 1 aromatic carbocycles. The molecule has 4 heteroatoms. The van der Waals surface area contributed by atoms with E-state index in [9.17, 15) is 0 Å². The summed E-state index contributed by atoms with van der Waals surface area (Å²) in [7, 11) is 0. The highest BCUT2D eigenvalue weighted by Gasteiger charge is 1.97. The van der Waals surface area contributed by atoms with E-state index in [0.29, 0.717) is 17.2 Å². The largest absolute Gasteiger partial charge is 0.457 e. The molecule has 0 saturated heterocycles. The zero-order chi connectivity index (χ0) is 10.5. The van der Waals surface area contributed by atoms with Crippen molar-refractivity contribution in [2.45, 2.75) is 0 Å². The summed E-state index contributed by atoms with van der Waals surface area (Å²) in [6.07, 6.45) is 3.31. The van der Waals surface area contributed by atoms with E-state index < -0.39 is 0 Å². The molecule has 0 bridgehead atoms. The van der Waals surface area contributed by atoms with Gasteiger partial charge in [-0.2, -0.15) is 0 Å². The number of ether oxygens (including phenoxy) is 1. The summed E-state index contributed by atoms with van der Waals surface area (Å²) in [5.74, 6) is 1.36. The van der Waals surface area contributed by atoms with Crippen molar-refractivity contribution < 1.29 is 9.94 Å². The van der Waals surface area contributed by atoms with Gasteiger partial charge in [0, 0.05) is 18.5 Å². The van der Waals surface area contributed by atoms with Crippen molar-refractivity contribution in [2.75, 3.05) is 5.48 Å². The van der Waals surface area contributed by atoms with E-state index in [4.69, 9.17) is 9.94 Å². The van der Waals surface area contributed by atoms with Crippen LogP contribution < -0.4 is 10.2 Å². The van der Waals surface area contributed by atoms with Crippen LogP contribution in [0, 0.1) is 0 Å². The Bertz CT molecular complexity index is 432. The SMILES string of the molecule is ONc1cccc(Oc2ccncc2)c1. The van der Waals surface area contributed by atoms with Gasteiger partial charge < -0.3 is 4.74 Å². The van der Waals surface area contributed by atoms with E-state index in [1.165, 1.54) is 0 Å². The number of aromatic nitrogens is 1. The second-order valence-electron chi connectivity index (χ2n) is 2.92. The zero-order valence-electron chi connectivity index (χ0n) is 7.92. The second kappa shape index (κ2) is 4.43. The predicted octanol–water partition coefficient (Wildman–Crippen LogP) is 2.68. The quantitative estimate of drug-likeness (QED) is 0.751. The van der Waals surface area contributed by atoms with Crippen LogP contribution in [0.15, 0.2) is 48.8 Å². The molecule has 0 aliphatic carbocycles. The third-order valence-corrected chi connectivity index (χ3v) is 1.85. The first kappa shape index (κ1) is 9.48. The minimum absolute atomic E-state index is 0.585. The van der Waals surface area contributed by atoms with Gasteiger partial charge in [-0.15, -0.1) is 0 Å². The molecule has 1 heterocycles. The van der Waals surface area contributed by atoms with Gasteiger partial charge in [-0.05, 0) is 24.3 Å². The topological polar surface area (TPSA) is 54.4 Å². The van der Waals surface area contributed by atoms with E-state index in [1.54, 1.807) is 48.8 Å². The number of hydrogen-bond donors (Lipinski definition) is 2. The molecule has 2 N–H and O–H groups in total. The van der Waals surface area contributed by atoms with Crippen LogP contribution in [0.25, 0.3) is 0 Å². The first-order chi connectivity index (χ1) is 7.38. The lowest BCUT2D eigenvalue weighted by Gasteiger charge is -2.06. The van der Waals surface area contributed by atoms with Crippen LogP contribution in [0.3, 0.4) is 0 Å². The Kier molecular flexibility index (Phi) is 2.80. The van der Waals surface area contributed by atoms with Crippen LogP contribution in [0.5, 0.6) is 11.5 Å². The average molecular weight is 202 g/mol. The van der Waals surface area contributed by atoms with Gasteiger partial charge in [0.1, 0.15) is 11.5 Å². The minimum atomic E-state index is 0.585. The Morgan fingerprint density at radius 1 is 1.07 bits per heavy atom. The van der Waals surface area contributed by atoms with Gasteiger partial charge >= 0.3 is 0 Å². The fourth-order valence-electron chi connectivity index (χ4n) is 1.17. The lowest BCUT2D eigenvalue weighted by molar-refractivity contribution is 0.388. The van der Waals surface area contributed by atoms with Crippen LogP contribution in [0.4, 0.5) is 5.69 Å². The summed E-state index contributed by atoms with van der Waals surface area (Å²) < 4.78 is 5.53. The molecule has 0 aliphatic heterocycles. The first-order valence-electron chi connectivity index (χ1n) is 4.46. The Balaban J connectivity index is 2.17. The molecular formula is C11H10N2O2. The molecule has 0 unspecified atom stereocenters. The average Bonchev–Trinajstić information content (AvgIpc) is 2.31. The highest BCUT2D eigenvalue weighted by atomic mass is 16.5. The molecule has 0 aliphatic rings. The number of rotatable bonds is 3. The van der Waals surface area contributed by atoms with Crippen molar-refractivity contribution in [1.29, 1.82) is 0 Å². The van der Waals surface area contributed by atoms with E-state index in [-0.39, 0.29) is 0 Å². The van der Waals surface area contributed by atoms with Crippen molar-refractivity contribution in [1.82, 2.24) is 4.98 Å². The fraction of sp³-hybridized carbons (Fsp3) is 0. The summed E-state index contributed by atoms with van der Waals surface area (Å²) in [5, 5.41) is 8.71. The zero-order valence-corrected chi connectivity index (χ0v) is 7.92. The summed E-state index contributed by atoms with van der Waals surface area (Å²) in [6, 6.07) is 10.5. The van der Waals surface area contributed by atoms with Crippen molar-refractivity contribution in [3.05, 3.63) is 48.8 Å². The van der Waals surface area contributed by atoms with Gasteiger partial charge in [0.25, 0.3) is 0 Å². The molecule has 0 fully saturated rings. The molecule has 0 saturated carbocycles. The Morgan fingerprint density at radius 2 is 1.87 bits per heavy atom. The summed E-state index contributed by atoms with van der Waals surface area (Å²) in [4.78, 5) is 3.89. The highest BCUT2D eigenvalue weighted by molar-refractivity contribution is 5.47. The lowest BCUT2D eigenvalue weighted by Crippen LogP contribution is -1.90. The Morgan fingerprint density at radius 3 is 2.60 bits per heavy atom. The maximum absolute atomic E-state index is 8.71. The maximum Gasteiger partial charge on any atom is 0.130 e. The molecule has 1 aromatic heterocycles. The minimum Gasteiger partial charge on any atom is -0.457 e. The molecule has 0 radical (unpaired) electrons. The number of nitrogens with one attached hydrogen (secondary N) is 1. The van der Waals surface area contributed by atoms with Crippen molar-refractivity contribution in [3.8, 4) is 11.5 Å². The monoisotopic (exact) mass is 202 g/mol. The number of benzene rings is 1. The van der Waals surface area contributed by atoms with Crippen molar-refractivity contribution in [2.24, 2.45) is 0 Å². The van der Waals surface area contributed by atoms with E-state index in [2.05, 4.69) is 10.5 Å². The third kappa shape index (κ3) is 2.45. The molecular weight excluding hydrogens is 192 g/mol. The molecule has 2 rings (SSSR count). The van der Waals surface area contributed by atoms with Gasteiger partial charge in [-0.1, -0.05) is 6.07 Å². The molecule has 0 spiro atoms. The van der Waals surface area contributed by atoms with Crippen LogP contribution in [0.1, 0.15) is 0 Å². The number of anilines is 1. The molecule has 4 nitrogen and oxygen atoms in total. The molecule has 0 atom stereocenters. The summed E-state index contributed by atoms with van der Waals surface area (Å²) in [6.45, 7) is 0. The first-order valence-corrected chi connectivity index (χ1v) is 4.46. The Labute approximate surface area is 87.1 Å². The standard InChI is InChI=1S/C11H10N2O2/c14-13-9-2-1-3-11(8-9)15-10-4-6-12-7-5-10/h1-8,13-14H. The lowest BCUT2D eigenvalue weighted by atomic mass is 10.3. The number of nitrogens with zero attached hydrogens (tertiary/aromatic N) is 1. The number of hydrogen-bond acceptors (Lipinski definition) is 4. The van der Waals surface area contributed by atoms with Crippen LogP contribution in [-0.2, 0) is 0 Å². The normalized spacial score (nSPS) is 9.67. The summed E-state index contributed by atoms with van der Waals surface area (Å²) >= 11 is 0. The summed E-state index contributed by atoms with van der Waals surface area (Å²) in [5.41, 5.74) is 2.65. The van der Waals surface area contributed by atoms with E-state index in [1.807, 2.05) is 0 Å². The van der Waals surface area contributed by atoms with Crippen LogP contribution in [0.2, 0.25) is 0 Å². The van der Waals surface area contributed by atoms with Gasteiger partial charge in [0.15, 0.2) is 0 Å². The Hall–Kier alpha value is -2.07. The van der Waals surface area contributed by atoms with Gasteiger partial charge in [-0.25, -0.2) is 0 Å². The molecule has 2 aromatic rings. The second-order valence-corrected chi connectivity index (χ2v) is 2.92. The van der Waals surface area contributed by atoms with Gasteiger partial charge in [-0.3, -0.25) is 15.7 Å². The number of pyridine rings is 1. The third-order valence-electron chi connectivity index (χ3n) is 1.85. The predicted molar refractivity (Wildman–Crippen MR) is 56.2 cm³/mol. The smallest absolute Gasteiger partial charge is 0.130 e. The van der Waals surface area contributed by atoms with Gasteiger partial charge in [0.2, 0.25) is 0 Å². The van der Waals surface area contributed by atoms with Gasteiger partial charge in [0.05, 0.1) is 5.69 Å². The van der Waals surface area contributed by atoms with Crippen LogP contribution >= 0.6 is 0 Å². The van der Waals surface area contributed by atoms with Crippen LogP contribution in [-0.4, -0.2) is 10.2 Å². The maximum atomic E-state index is 8.71. The molecule has 15 heavy (non-hydrogen) atoms. The van der Waals surface area contributed by atoms with Crippen molar-refractivity contribution in [3.63, 3.8) is 0 Å². The fourth-order valence-corrected chi connectivity index (χ4v) is 1.17. The van der Waals surface area contributed by atoms with E-state index in [0.717, 1.165) is 0 Å².